The second kappa shape index (κ2) is 3.99. The fourth-order valence-corrected chi connectivity index (χ4v) is 1.95. The summed E-state index contributed by atoms with van der Waals surface area (Å²) < 4.78 is 1.93. The number of pyridine rings is 1. The zero-order valence-electron chi connectivity index (χ0n) is 5.88. The Kier molecular flexibility index (Phi) is 3.51. The molecule has 0 spiro atoms. The van der Waals surface area contributed by atoms with Crippen LogP contribution in [-0.2, 0) is 0 Å². The number of hydrogen-bond acceptors (Lipinski definition) is 2. The van der Waals surface area contributed by atoms with E-state index in [2.05, 4.69) is 50.2 Å². The van der Waals surface area contributed by atoms with Crippen molar-refractivity contribution in [3.8, 4) is 0 Å². The van der Waals surface area contributed by atoms with E-state index in [9.17, 15) is 5.11 Å². The molecule has 11 heavy (non-hydrogen) atoms. The molecule has 0 aliphatic rings. The molecule has 1 heterocycles. The van der Waals surface area contributed by atoms with E-state index >= 15 is 0 Å². The van der Waals surface area contributed by atoms with Gasteiger partial charge in [-0.25, -0.2) is 4.98 Å². The number of aromatic nitrogens is 1. The molecule has 1 N–H and O–H groups in total. The van der Waals surface area contributed by atoms with Gasteiger partial charge in [-0.3, -0.25) is 0 Å². The molecule has 1 aromatic rings. The van der Waals surface area contributed by atoms with Crippen molar-refractivity contribution in [1.29, 1.82) is 0 Å². The van der Waals surface area contributed by atoms with Crippen LogP contribution >= 0.6 is 45.2 Å². The highest BCUT2D eigenvalue weighted by Crippen LogP contribution is 2.19. The quantitative estimate of drug-likeness (QED) is 0.604. The summed E-state index contributed by atoms with van der Waals surface area (Å²) in [4.78, 5) is 4.12. The highest BCUT2D eigenvalue weighted by molar-refractivity contribution is 14.1. The molecule has 0 saturated heterocycles. The molecule has 0 aliphatic heterocycles. The number of hydrogen-bond donors (Lipinski definition) is 1. The molecule has 4 heteroatoms. The number of nitrogens with zero attached hydrogens (tertiary/aromatic N) is 1. The molecular formula is C7H7I2NO. The zero-order chi connectivity index (χ0) is 8.43. The average molecular weight is 375 g/mol. The van der Waals surface area contributed by atoms with Gasteiger partial charge < -0.3 is 5.11 Å². The summed E-state index contributed by atoms with van der Waals surface area (Å²) in [5.74, 6) is 0. The first-order chi connectivity index (χ1) is 5.11. The van der Waals surface area contributed by atoms with Gasteiger partial charge in [-0.15, -0.1) is 0 Å². The van der Waals surface area contributed by atoms with Crippen LogP contribution in [0.5, 0.6) is 0 Å². The molecule has 1 aromatic heterocycles. The standard InChI is InChI=1S/C7H7I2NO/c1-4(11)6-2-5(8)3-10-7(6)9/h2-4,11H,1H3. The van der Waals surface area contributed by atoms with Gasteiger partial charge in [0.05, 0.1) is 6.10 Å². The smallest absolute Gasteiger partial charge is 0.107 e. The lowest BCUT2D eigenvalue weighted by Gasteiger charge is -2.06. The average Bonchev–Trinajstić information content (AvgIpc) is 1.94. The van der Waals surface area contributed by atoms with E-state index in [0.717, 1.165) is 12.8 Å². The lowest BCUT2D eigenvalue weighted by atomic mass is 10.2. The van der Waals surface area contributed by atoms with E-state index in [4.69, 9.17) is 0 Å². The Balaban J connectivity index is 3.13. The van der Waals surface area contributed by atoms with Gasteiger partial charge in [0.2, 0.25) is 0 Å². The second-order valence-electron chi connectivity index (χ2n) is 2.21. The summed E-state index contributed by atoms with van der Waals surface area (Å²) in [6.07, 6.45) is 1.36. The van der Waals surface area contributed by atoms with Crippen LogP contribution in [0.2, 0.25) is 0 Å². The lowest BCUT2D eigenvalue weighted by molar-refractivity contribution is 0.198. The Hall–Kier alpha value is 0.570. The summed E-state index contributed by atoms with van der Waals surface area (Å²) >= 11 is 4.30. The Labute approximate surface area is 92.7 Å². The third kappa shape index (κ3) is 2.51. The highest BCUT2D eigenvalue weighted by atomic mass is 127. The minimum Gasteiger partial charge on any atom is -0.389 e. The molecular weight excluding hydrogens is 368 g/mol. The molecule has 0 saturated carbocycles. The van der Waals surface area contributed by atoms with Crippen molar-refractivity contribution in [2.75, 3.05) is 0 Å². The number of aliphatic hydroxyl groups excluding tert-OH is 1. The molecule has 1 atom stereocenters. The van der Waals surface area contributed by atoms with Crippen molar-refractivity contribution >= 4 is 45.2 Å². The predicted molar refractivity (Wildman–Crippen MR) is 60.3 cm³/mol. The van der Waals surface area contributed by atoms with Crippen molar-refractivity contribution in [2.24, 2.45) is 0 Å². The maximum atomic E-state index is 9.28. The third-order valence-electron chi connectivity index (χ3n) is 1.28. The van der Waals surface area contributed by atoms with Gasteiger partial charge in [0.15, 0.2) is 0 Å². The van der Waals surface area contributed by atoms with E-state index < -0.39 is 6.10 Å². The van der Waals surface area contributed by atoms with Gasteiger partial charge >= 0.3 is 0 Å². The molecule has 2 nitrogen and oxygen atoms in total. The van der Waals surface area contributed by atoms with Crippen molar-refractivity contribution < 1.29 is 5.11 Å². The fourth-order valence-electron chi connectivity index (χ4n) is 0.731. The van der Waals surface area contributed by atoms with Crippen LogP contribution < -0.4 is 0 Å². The van der Waals surface area contributed by atoms with Crippen LogP contribution in [0.1, 0.15) is 18.6 Å². The second-order valence-corrected chi connectivity index (χ2v) is 4.48. The molecule has 0 aromatic carbocycles. The van der Waals surface area contributed by atoms with Gasteiger partial charge in [-0.1, -0.05) is 0 Å². The molecule has 1 unspecified atom stereocenters. The summed E-state index contributed by atoms with van der Waals surface area (Å²) in [6.45, 7) is 1.75. The van der Waals surface area contributed by atoms with Crippen molar-refractivity contribution in [3.63, 3.8) is 0 Å². The first-order valence-electron chi connectivity index (χ1n) is 3.10. The van der Waals surface area contributed by atoms with Crippen LogP contribution in [0.3, 0.4) is 0 Å². The van der Waals surface area contributed by atoms with E-state index in [-0.39, 0.29) is 0 Å². The van der Waals surface area contributed by atoms with Gasteiger partial charge in [0.25, 0.3) is 0 Å². The SMILES string of the molecule is CC(O)c1cc(I)cnc1I. The van der Waals surface area contributed by atoms with E-state index in [0.29, 0.717) is 0 Å². The molecule has 0 fully saturated rings. The maximum absolute atomic E-state index is 9.28. The maximum Gasteiger partial charge on any atom is 0.107 e. The monoisotopic (exact) mass is 375 g/mol. The Morgan fingerprint density at radius 3 is 2.64 bits per heavy atom. The summed E-state index contributed by atoms with van der Waals surface area (Å²) in [5.41, 5.74) is 0.900. The van der Waals surface area contributed by atoms with Crippen LogP contribution in [0.25, 0.3) is 0 Å². The molecule has 60 valence electrons. The molecule has 0 radical (unpaired) electrons. The number of halogens is 2. The van der Waals surface area contributed by atoms with Gasteiger partial charge in [0, 0.05) is 15.3 Å². The molecule has 0 amide bonds. The van der Waals surface area contributed by atoms with E-state index in [1.165, 1.54) is 0 Å². The molecule has 1 rings (SSSR count). The van der Waals surface area contributed by atoms with Crippen molar-refractivity contribution in [3.05, 3.63) is 25.1 Å². The molecule has 0 bridgehead atoms. The van der Waals surface area contributed by atoms with Crippen LogP contribution in [-0.4, -0.2) is 10.1 Å². The van der Waals surface area contributed by atoms with Gasteiger partial charge in [-0.2, -0.15) is 0 Å². The first-order valence-corrected chi connectivity index (χ1v) is 5.26. The minimum absolute atomic E-state index is 0.427. The Morgan fingerprint density at radius 1 is 1.55 bits per heavy atom. The Morgan fingerprint density at radius 2 is 2.18 bits per heavy atom. The Bertz CT molecular complexity index is 263. The van der Waals surface area contributed by atoms with Crippen LogP contribution in [0.4, 0.5) is 0 Å². The highest BCUT2D eigenvalue weighted by Gasteiger charge is 2.06. The summed E-state index contributed by atoms with van der Waals surface area (Å²) in [7, 11) is 0. The number of aliphatic hydroxyl groups is 1. The third-order valence-corrected chi connectivity index (χ3v) is 2.77. The fraction of sp³-hybridized carbons (Fsp3) is 0.286. The predicted octanol–water partition coefficient (Wildman–Crippen LogP) is 2.34. The van der Waals surface area contributed by atoms with Gasteiger partial charge in [0.1, 0.15) is 3.70 Å². The minimum atomic E-state index is -0.427. The molecule has 0 aliphatic carbocycles. The number of rotatable bonds is 1. The van der Waals surface area contributed by atoms with Crippen LogP contribution in [0.15, 0.2) is 12.3 Å². The van der Waals surface area contributed by atoms with Gasteiger partial charge in [-0.05, 0) is 58.2 Å². The largest absolute Gasteiger partial charge is 0.389 e. The summed E-state index contributed by atoms with van der Waals surface area (Å²) in [6, 6.07) is 1.94. The normalized spacial score (nSPS) is 13.1. The first kappa shape index (κ1) is 9.66. The van der Waals surface area contributed by atoms with Crippen molar-refractivity contribution in [2.45, 2.75) is 13.0 Å². The van der Waals surface area contributed by atoms with E-state index in [1.807, 2.05) is 6.07 Å². The van der Waals surface area contributed by atoms with Crippen molar-refractivity contribution in [1.82, 2.24) is 4.98 Å². The lowest BCUT2D eigenvalue weighted by Crippen LogP contribution is -1.97. The summed E-state index contributed by atoms with van der Waals surface area (Å²) in [5, 5.41) is 9.28. The van der Waals surface area contributed by atoms with Crippen LogP contribution in [0, 0.1) is 7.27 Å². The topological polar surface area (TPSA) is 33.1 Å². The van der Waals surface area contributed by atoms with E-state index in [1.54, 1.807) is 13.1 Å². The zero-order valence-corrected chi connectivity index (χ0v) is 10.2.